The number of hydrogen-bond donors (Lipinski definition) is 0. The van der Waals surface area contributed by atoms with Crippen LogP contribution in [0.5, 0.6) is 0 Å². The van der Waals surface area contributed by atoms with Gasteiger partial charge in [0.25, 0.3) is 0 Å². The van der Waals surface area contributed by atoms with Crippen molar-refractivity contribution in [1.29, 1.82) is 0 Å². The maximum absolute atomic E-state index is 7.70. The summed E-state index contributed by atoms with van der Waals surface area (Å²) in [5.74, 6) is 0. The Balaban J connectivity index is 1.21. The average Bonchev–Trinajstić information content (AvgIpc) is 3.95. The first-order chi connectivity index (χ1) is 30.2. The Labute approximate surface area is 373 Å². The number of furan rings is 1. The number of benzene rings is 7. The van der Waals surface area contributed by atoms with Crippen LogP contribution in [-0.4, -0.2) is 11.3 Å². The molecule has 5 heteroatoms. The lowest BCUT2D eigenvalue weighted by Crippen LogP contribution is -2.56. The molecule has 0 amide bonds. The molecule has 0 N–H and O–H groups in total. The van der Waals surface area contributed by atoms with E-state index in [1.807, 2.05) is 11.3 Å². The summed E-state index contributed by atoms with van der Waals surface area (Å²) in [5.41, 5.74) is 18.4. The van der Waals surface area contributed by atoms with Crippen molar-refractivity contribution >= 4 is 110 Å². The van der Waals surface area contributed by atoms with Gasteiger partial charge >= 0.3 is 6.85 Å². The molecule has 2 aliphatic carbocycles. The Bertz CT molecular complexity index is 3720. The molecule has 4 aliphatic rings. The molecule has 3 aromatic heterocycles. The van der Waals surface area contributed by atoms with Gasteiger partial charge in [0.2, 0.25) is 0 Å². The lowest BCUT2D eigenvalue weighted by Gasteiger charge is -2.43. The van der Waals surface area contributed by atoms with Gasteiger partial charge in [0, 0.05) is 64.0 Å². The summed E-state index contributed by atoms with van der Waals surface area (Å²) in [7, 11) is 0. The number of aromatic nitrogens is 1. The normalized spacial score (nSPS) is 18.7. The number of anilines is 3. The van der Waals surface area contributed by atoms with E-state index in [-0.39, 0.29) is 28.5 Å². The highest BCUT2D eigenvalue weighted by Crippen LogP contribution is 2.56. The van der Waals surface area contributed by atoms with E-state index in [9.17, 15) is 0 Å². The van der Waals surface area contributed by atoms with Gasteiger partial charge in [-0.25, -0.2) is 0 Å². The molecular weight excluding hydrogens is 784 g/mol. The Hall–Kier alpha value is -5.78. The average molecular weight is 835 g/mol. The number of fused-ring (bicyclic) bond motifs is 17. The second kappa shape index (κ2) is 11.7. The van der Waals surface area contributed by atoms with Gasteiger partial charge in [0.05, 0.1) is 11.4 Å². The van der Waals surface area contributed by atoms with Gasteiger partial charge in [-0.1, -0.05) is 134 Å². The van der Waals surface area contributed by atoms with Gasteiger partial charge in [0.15, 0.2) is 0 Å². The quantitative estimate of drug-likeness (QED) is 0.154. The molecule has 10 aromatic rings. The summed E-state index contributed by atoms with van der Waals surface area (Å²) in [6.45, 7) is 19.4. The van der Waals surface area contributed by atoms with Crippen molar-refractivity contribution in [2.45, 2.75) is 103 Å². The molecule has 2 aliphatic heterocycles. The zero-order valence-electron chi connectivity index (χ0n) is 37.6. The van der Waals surface area contributed by atoms with Crippen LogP contribution >= 0.6 is 11.3 Å². The van der Waals surface area contributed by atoms with Crippen molar-refractivity contribution in [1.82, 2.24) is 4.48 Å². The van der Waals surface area contributed by atoms with E-state index in [0.29, 0.717) is 0 Å². The number of hydrogen-bond acceptors (Lipinski definition) is 3. The zero-order chi connectivity index (χ0) is 42.7. The first-order valence-electron chi connectivity index (χ1n) is 23.2. The molecule has 3 nitrogen and oxygen atoms in total. The second-order valence-electron chi connectivity index (χ2n) is 22.1. The van der Waals surface area contributed by atoms with Gasteiger partial charge in [-0.05, 0) is 122 Å². The van der Waals surface area contributed by atoms with E-state index in [0.717, 1.165) is 30.5 Å². The summed E-state index contributed by atoms with van der Waals surface area (Å²) >= 11 is 1.93. The van der Waals surface area contributed by atoms with Crippen LogP contribution in [0.4, 0.5) is 17.1 Å². The van der Waals surface area contributed by atoms with Gasteiger partial charge in [0.1, 0.15) is 11.2 Å². The Morgan fingerprint density at radius 2 is 1.16 bits per heavy atom. The number of para-hydroxylation sites is 1. The number of rotatable bonds is 1. The first kappa shape index (κ1) is 36.7. The fraction of sp³-hybridized carbons (Fsp3) is 0.276. The highest BCUT2D eigenvalue weighted by molar-refractivity contribution is 7.26. The van der Waals surface area contributed by atoms with Gasteiger partial charge in [-0.15, -0.1) is 11.3 Å². The van der Waals surface area contributed by atoms with Crippen LogP contribution in [0.3, 0.4) is 0 Å². The lowest BCUT2D eigenvalue weighted by molar-refractivity contribution is 0.332. The summed E-state index contributed by atoms with van der Waals surface area (Å²) in [4.78, 5) is 2.69. The molecule has 0 unspecified atom stereocenters. The van der Waals surface area contributed by atoms with E-state index in [2.05, 4.69) is 180 Å². The minimum Gasteiger partial charge on any atom is -0.466 e. The maximum Gasteiger partial charge on any atom is 0.376 e. The summed E-state index contributed by atoms with van der Waals surface area (Å²) in [6, 6.07) is 44.9. The van der Waals surface area contributed by atoms with Crippen LogP contribution in [0.15, 0.2) is 120 Å². The molecule has 0 atom stereocenters. The van der Waals surface area contributed by atoms with Crippen molar-refractivity contribution in [3.8, 4) is 11.1 Å². The molecule has 0 saturated carbocycles. The molecule has 308 valence electrons. The van der Waals surface area contributed by atoms with Crippen LogP contribution in [0.25, 0.3) is 74.8 Å². The van der Waals surface area contributed by atoms with E-state index in [1.165, 1.54) is 120 Å². The van der Waals surface area contributed by atoms with Crippen LogP contribution in [-0.2, 0) is 21.7 Å². The Morgan fingerprint density at radius 1 is 0.508 bits per heavy atom. The Kier molecular flexibility index (Phi) is 6.79. The SMILES string of the molecule is CC1(C)CCC(C)(C)c2cc(N3c4c(oc5cc6c(cc45)C(C)(C)CCC6(C)C)B4c5c(cc6sc7ccccc7c6c53)-c3cccc5c6ccc7ccccc7c6n4c35)ccc21. The molecule has 0 bridgehead atoms. The highest BCUT2D eigenvalue weighted by atomic mass is 32.1. The van der Waals surface area contributed by atoms with E-state index in [1.54, 1.807) is 0 Å². The number of nitrogens with zero attached hydrogens (tertiary/aromatic N) is 2. The standard InChI is InChI=1S/C58H51BN2OS/c1-55(2)24-25-56(3,4)42-28-33(21-23-41(42)55)60-52-40-29-43-44(58(7,8)27-26-57(43,5)6)31-45(40)62-54(52)59-49-39(30-47-48(53(49)60)38-16-11-12-19-46(38)63-47)36-18-13-17-35-37-22-20-32-14-9-10-15-34(32)50(37)61(59)51(35)36/h9-23,28-31H,24-27H2,1-8H3. The third kappa shape index (κ3) is 4.57. The van der Waals surface area contributed by atoms with Gasteiger partial charge < -0.3 is 13.8 Å². The predicted molar refractivity (Wildman–Crippen MR) is 271 cm³/mol. The molecule has 14 rings (SSSR count). The fourth-order valence-electron chi connectivity index (χ4n) is 13.0. The first-order valence-corrected chi connectivity index (χ1v) is 24.0. The highest BCUT2D eigenvalue weighted by Gasteiger charge is 2.49. The summed E-state index contributed by atoms with van der Waals surface area (Å²) in [5, 5.41) is 9.01. The molecule has 0 fully saturated rings. The largest absolute Gasteiger partial charge is 0.466 e. The van der Waals surface area contributed by atoms with Crippen molar-refractivity contribution in [2.75, 3.05) is 4.90 Å². The van der Waals surface area contributed by atoms with Crippen molar-refractivity contribution in [3.05, 3.63) is 138 Å². The van der Waals surface area contributed by atoms with Crippen LogP contribution in [0, 0.1) is 0 Å². The van der Waals surface area contributed by atoms with Crippen LogP contribution < -0.4 is 16.0 Å². The van der Waals surface area contributed by atoms with Gasteiger partial charge in [-0.2, -0.15) is 0 Å². The van der Waals surface area contributed by atoms with Crippen molar-refractivity contribution in [2.24, 2.45) is 0 Å². The molecule has 7 aromatic carbocycles. The monoisotopic (exact) mass is 834 g/mol. The topological polar surface area (TPSA) is 21.3 Å². The molecule has 0 saturated heterocycles. The molecule has 5 heterocycles. The minimum absolute atomic E-state index is 0.0392. The molecule has 63 heavy (non-hydrogen) atoms. The van der Waals surface area contributed by atoms with E-state index >= 15 is 0 Å². The van der Waals surface area contributed by atoms with Crippen molar-refractivity contribution < 1.29 is 4.42 Å². The van der Waals surface area contributed by atoms with Crippen molar-refractivity contribution in [3.63, 3.8) is 0 Å². The third-order valence-corrected chi connectivity index (χ3v) is 17.8. The third-order valence-electron chi connectivity index (χ3n) is 16.7. The lowest BCUT2D eigenvalue weighted by atomic mass is 9.47. The van der Waals surface area contributed by atoms with Gasteiger partial charge in [-0.3, -0.25) is 0 Å². The summed E-state index contributed by atoms with van der Waals surface area (Å²) < 4.78 is 13.1. The Morgan fingerprint density at radius 3 is 1.94 bits per heavy atom. The second-order valence-corrected chi connectivity index (χ2v) is 23.2. The zero-order valence-corrected chi connectivity index (χ0v) is 38.4. The van der Waals surface area contributed by atoms with Crippen LogP contribution in [0.1, 0.15) is 103 Å². The van der Waals surface area contributed by atoms with Crippen LogP contribution in [0.2, 0.25) is 0 Å². The molecular formula is C58H51BN2OS. The predicted octanol–water partition coefficient (Wildman–Crippen LogP) is 15.2. The van der Waals surface area contributed by atoms with E-state index < -0.39 is 0 Å². The maximum atomic E-state index is 7.70. The molecule has 0 radical (unpaired) electrons. The molecule has 0 spiro atoms. The fourth-order valence-corrected chi connectivity index (χ4v) is 14.1. The minimum atomic E-state index is -0.191. The smallest absolute Gasteiger partial charge is 0.376 e. The summed E-state index contributed by atoms with van der Waals surface area (Å²) in [6.07, 6.45) is 4.67. The number of thiophene rings is 1. The van der Waals surface area contributed by atoms with E-state index in [4.69, 9.17) is 4.42 Å².